The second kappa shape index (κ2) is 3.84. The second-order valence-electron chi connectivity index (χ2n) is 4.67. The van der Waals surface area contributed by atoms with Gasteiger partial charge in [0.1, 0.15) is 0 Å². The van der Waals surface area contributed by atoms with Crippen LogP contribution in [0.1, 0.15) is 28.1 Å². The number of nitrogens with one attached hydrogen (secondary N) is 1. The Labute approximate surface area is 104 Å². The lowest BCUT2D eigenvalue weighted by molar-refractivity contribution is -0.119. The van der Waals surface area contributed by atoms with Crippen molar-refractivity contribution < 1.29 is 9.59 Å². The largest absolute Gasteiger partial charge is 0.351 e. The lowest BCUT2D eigenvalue weighted by Crippen LogP contribution is -2.38. The number of nitrogens with zero attached hydrogens (tertiary/aromatic N) is 1. The van der Waals surface area contributed by atoms with Gasteiger partial charge >= 0.3 is 0 Å². The van der Waals surface area contributed by atoms with Crippen molar-refractivity contribution in [1.82, 2.24) is 10.2 Å². The van der Waals surface area contributed by atoms with Gasteiger partial charge in [-0.1, -0.05) is 0 Å². The number of carbonyl (C=O) groups excluding carboxylic acids is 2. The van der Waals surface area contributed by atoms with Crippen LogP contribution in [0.25, 0.3) is 0 Å². The fourth-order valence-corrected chi connectivity index (χ4v) is 3.58. The number of hydrogen-bond acceptors (Lipinski definition) is 3. The van der Waals surface area contributed by atoms with Gasteiger partial charge in [-0.25, -0.2) is 0 Å². The molecule has 0 spiro atoms. The fourth-order valence-electron chi connectivity index (χ4n) is 2.70. The molecule has 0 aliphatic carbocycles. The molecule has 17 heavy (non-hydrogen) atoms. The molecule has 3 rings (SSSR count). The van der Waals surface area contributed by atoms with E-state index in [0.717, 1.165) is 23.4 Å². The molecule has 2 amide bonds. The van der Waals surface area contributed by atoms with Crippen LogP contribution in [0.4, 0.5) is 0 Å². The van der Waals surface area contributed by atoms with Crippen LogP contribution in [0.3, 0.4) is 0 Å². The van der Waals surface area contributed by atoms with Crippen molar-refractivity contribution in [2.75, 3.05) is 6.54 Å². The molecular weight excluding hydrogens is 236 g/mol. The van der Waals surface area contributed by atoms with Gasteiger partial charge in [0.15, 0.2) is 0 Å². The Morgan fingerprint density at radius 1 is 1.59 bits per heavy atom. The van der Waals surface area contributed by atoms with Crippen LogP contribution in [0.5, 0.6) is 0 Å². The van der Waals surface area contributed by atoms with E-state index >= 15 is 0 Å². The van der Waals surface area contributed by atoms with Gasteiger partial charge < -0.3 is 10.2 Å². The molecule has 1 N–H and O–H groups in total. The fraction of sp³-hybridized carbons (Fsp3) is 0.500. The smallest absolute Gasteiger partial charge is 0.264 e. The SMILES string of the molecule is Cc1ccsc1C(=O)N1CC[C@@H]2NC(=O)C[C@H]21. The Hall–Kier alpha value is -1.36. The summed E-state index contributed by atoms with van der Waals surface area (Å²) in [6, 6.07) is 2.20. The number of carbonyl (C=O) groups is 2. The Morgan fingerprint density at radius 2 is 2.41 bits per heavy atom. The minimum atomic E-state index is 0.0662. The van der Waals surface area contributed by atoms with E-state index in [0.29, 0.717) is 6.42 Å². The van der Waals surface area contributed by atoms with Crippen molar-refractivity contribution in [3.05, 3.63) is 21.9 Å². The molecule has 2 aliphatic heterocycles. The average Bonchev–Trinajstić information content (AvgIpc) is 2.92. The first kappa shape index (κ1) is 10.8. The van der Waals surface area contributed by atoms with Crippen molar-refractivity contribution in [2.24, 2.45) is 0 Å². The molecule has 0 unspecified atom stereocenters. The number of aryl methyl sites for hydroxylation is 1. The summed E-state index contributed by atoms with van der Waals surface area (Å²) in [4.78, 5) is 26.4. The highest BCUT2D eigenvalue weighted by Gasteiger charge is 2.43. The van der Waals surface area contributed by atoms with Gasteiger partial charge in [-0.3, -0.25) is 9.59 Å². The molecule has 1 aromatic rings. The molecular formula is C12H14N2O2S. The maximum Gasteiger partial charge on any atom is 0.264 e. The van der Waals surface area contributed by atoms with Crippen LogP contribution < -0.4 is 5.32 Å². The van der Waals surface area contributed by atoms with E-state index in [9.17, 15) is 9.59 Å². The number of rotatable bonds is 1. The predicted molar refractivity (Wildman–Crippen MR) is 65.0 cm³/mol. The van der Waals surface area contributed by atoms with Crippen LogP contribution in [0.2, 0.25) is 0 Å². The van der Waals surface area contributed by atoms with E-state index in [1.807, 2.05) is 23.3 Å². The van der Waals surface area contributed by atoms with E-state index in [1.165, 1.54) is 11.3 Å². The summed E-state index contributed by atoms with van der Waals surface area (Å²) in [7, 11) is 0. The highest BCUT2D eigenvalue weighted by Crippen LogP contribution is 2.29. The highest BCUT2D eigenvalue weighted by atomic mass is 32.1. The minimum Gasteiger partial charge on any atom is -0.351 e. The molecule has 0 saturated carbocycles. The Balaban J connectivity index is 1.84. The zero-order chi connectivity index (χ0) is 12.0. The number of thiophene rings is 1. The molecule has 90 valence electrons. The van der Waals surface area contributed by atoms with Gasteiger partial charge in [-0.15, -0.1) is 11.3 Å². The lowest BCUT2D eigenvalue weighted by Gasteiger charge is -2.22. The topological polar surface area (TPSA) is 49.4 Å². The third-order valence-electron chi connectivity index (χ3n) is 3.60. The summed E-state index contributed by atoms with van der Waals surface area (Å²) >= 11 is 1.48. The molecule has 1 aromatic heterocycles. The summed E-state index contributed by atoms with van der Waals surface area (Å²) in [5, 5.41) is 4.87. The summed E-state index contributed by atoms with van der Waals surface area (Å²) in [5.74, 6) is 0.155. The van der Waals surface area contributed by atoms with Gasteiger partial charge in [-0.2, -0.15) is 0 Å². The quantitative estimate of drug-likeness (QED) is 0.813. The molecule has 5 heteroatoms. The third kappa shape index (κ3) is 1.65. The number of amides is 2. The molecule has 3 heterocycles. The van der Waals surface area contributed by atoms with Gasteiger partial charge in [0, 0.05) is 13.0 Å². The first-order chi connectivity index (χ1) is 8.16. The van der Waals surface area contributed by atoms with E-state index in [2.05, 4.69) is 5.32 Å². The van der Waals surface area contributed by atoms with Crippen LogP contribution >= 0.6 is 11.3 Å². The summed E-state index contributed by atoms with van der Waals surface area (Å²) in [6.07, 6.45) is 1.34. The van der Waals surface area contributed by atoms with Crippen LogP contribution in [-0.4, -0.2) is 35.3 Å². The van der Waals surface area contributed by atoms with E-state index < -0.39 is 0 Å². The van der Waals surface area contributed by atoms with E-state index in [4.69, 9.17) is 0 Å². The summed E-state index contributed by atoms with van der Waals surface area (Å²) in [6.45, 7) is 2.71. The normalized spacial score (nSPS) is 27.1. The highest BCUT2D eigenvalue weighted by molar-refractivity contribution is 7.12. The maximum absolute atomic E-state index is 12.4. The summed E-state index contributed by atoms with van der Waals surface area (Å²) in [5.41, 5.74) is 1.03. The number of hydrogen-bond donors (Lipinski definition) is 1. The number of fused-ring (bicyclic) bond motifs is 1. The molecule has 2 aliphatic rings. The van der Waals surface area contributed by atoms with Crippen molar-refractivity contribution in [1.29, 1.82) is 0 Å². The molecule has 2 fully saturated rings. The Kier molecular flexibility index (Phi) is 2.43. The van der Waals surface area contributed by atoms with Gasteiger partial charge in [0.25, 0.3) is 5.91 Å². The van der Waals surface area contributed by atoms with Crippen molar-refractivity contribution in [3.8, 4) is 0 Å². The molecule has 0 aromatic carbocycles. The van der Waals surface area contributed by atoms with Crippen molar-refractivity contribution in [2.45, 2.75) is 31.8 Å². The predicted octanol–water partition coefficient (Wildman–Crippen LogP) is 1.16. The van der Waals surface area contributed by atoms with E-state index in [-0.39, 0.29) is 23.9 Å². The zero-order valence-corrected chi connectivity index (χ0v) is 10.4. The number of likely N-dealkylation sites (tertiary alicyclic amines) is 1. The standard InChI is InChI=1S/C12H14N2O2S/c1-7-3-5-17-11(7)12(16)14-4-2-8-9(14)6-10(15)13-8/h3,5,8-9H,2,4,6H2,1H3,(H,13,15)/t8-,9+/m0/s1. The molecule has 4 nitrogen and oxygen atoms in total. The first-order valence-corrected chi connectivity index (χ1v) is 6.69. The zero-order valence-electron chi connectivity index (χ0n) is 9.60. The van der Waals surface area contributed by atoms with Crippen molar-refractivity contribution >= 4 is 23.2 Å². The van der Waals surface area contributed by atoms with Gasteiger partial charge in [-0.05, 0) is 30.4 Å². The lowest BCUT2D eigenvalue weighted by atomic mass is 10.1. The van der Waals surface area contributed by atoms with Gasteiger partial charge in [0.05, 0.1) is 17.0 Å². The van der Waals surface area contributed by atoms with Crippen LogP contribution in [0.15, 0.2) is 11.4 Å². The van der Waals surface area contributed by atoms with Crippen LogP contribution in [-0.2, 0) is 4.79 Å². The first-order valence-electron chi connectivity index (χ1n) is 5.81. The Bertz CT molecular complexity index is 483. The third-order valence-corrected chi connectivity index (χ3v) is 4.61. The van der Waals surface area contributed by atoms with Gasteiger partial charge in [0.2, 0.25) is 5.91 Å². The molecule has 0 bridgehead atoms. The van der Waals surface area contributed by atoms with Crippen molar-refractivity contribution in [3.63, 3.8) is 0 Å². The average molecular weight is 250 g/mol. The molecule has 0 radical (unpaired) electrons. The monoisotopic (exact) mass is 250 g/mol. The minimum absolute atomic E-state index is 0.0662. The summed E-state index contributed by atoms with van der Waals surface area (Å²) < 4.78 is 0. The van der Waals surface area contributed by atoms with E-state index in [1.54, 1.807) is 0 Å². The second-order valence-corrected chi connectivity index (χ2v) is 5.58. The molecule has 2 saturated heterocycles. The van der Waals surface area contributed by atoms with Crippen LogP contribution in [0, 0.1) is 6.92 Å². The maximum atomic E-state index is 12.4. The Morgan fingerprint density at radius 3 is 3.12 bits per heavy atom. The molecule has 2 atom stereocenters.